The molecule has 1 aromatic carbocycles. The van der Waals surface area contributed by atoms with Gasteiger partial charge in [0, 0.05) is 23.5 Å². The van der Waals surface area contributed by atoms with Crippen LogP contribution in [0.4, 0.5) is 0 Å². The fourth-order valence-electron chi connectivity index (χ4n) is 2.94. The Hall–Kier alpha value is -2.76. The van der Waals surface area contributed by atoms with Crippen molar-refractivity contribution in [1.82, 2.24) is 15.3 Å². The van der Waals surface area contributed by atoms with Crippen LogP contribution in [0.15, 0.2) is 36.2 Å². The van der Waals surface area contributed by atoms with Crippen LogP contribution in [0.5, 0.6) is 0 Å². The standard InChI is InChI=1S/C18H20N4O2/c1-11(21-13-7-12(8-13)18(23)24-2)14(9-19)17-10-20-15-5-3-4-6-16(15)22-17/h3-6,9-10,12-13,19,21H,7-8H2,1-2H3/b14-11+,19-9?/t12-,13-. The third kappa shape index (κ3) is 3.13. The number of hydrogen-bond acceptors (Lipinski definition) is 6. The molecule has 0 unspecified atom stereocenters. The first kappa shape index (κ1) is 16.1. The van der Waals surface area contributed by atoms with Crippen molar-refractivity contribution in [3.05, 3.63) is 41.9 Å². The summed E-state index contributed by atoms with van der Waals surface area (Å²) >= 11 is 0. The van der Waals surface area contributed by atoms with E-state index in [1.807, 2.05) is 31.2 Å². The van der Waals surface area contributed by atoms with Crippen LogP contribution in [0, 0.1) is 11.3 Å². The highest BCUT2D eigenvalue weighted by Gasteiger charge is 2.35. The largest absolute Gasteiger partial charge is 0.469 e. The minimum absolute atomic E-state index is 0.0239. The lowest BCUT2D eigenvalue weighted by atomic mass is 9.80. The number of fused-ring (bicyclic) bond motifs is 1. The fourth-order valence-corrected chi connectivity index (χ4v) is 2.94. The molecule has 6 heteroatoms. The molecule has 1 heterocycles. The van der Waals surface area contributed by atoms with Crippen molar-refractivity contribution < 1.29 is 9.53 Å². The number of carbonyl (C=O) groups excluding carboxylic acids is 1. The molecule has 1 aromatic heterocycles. The molecule has 1 aliphatic carbocycles. The highest BCUT2D eigenvalue weighted by atomic mass is 16.5. The van der Waals surface area contributed by atoms with E-state index in [-0.39, 0.29) is 17.9 Å². The van der Waals surface area contributed by atoms with Gasteiger partial charge in [-0.2, -0.15) is 0 Å². The Morgan fingerprint density at radius 2 is 2.04 bits per heavy atom. The summed E-state index contributed by atoms with van der Waals surface area (Å²) in [6.45, 7) is 1.92. The molecule has 3 rings (SSSR count). The summed E-state index contributed by atoms with van der Waals surface area (Å²) in [7, 11) is 1.42. The summed E-state index contributed by atoms with van der Waals surface area (Å²) in [4.78, 5) is 20.4. The number of ether oxygens (including phenoxy) is 1. The molecule has 0 bridgehead atoms. The van der Waals surface area contributed by atoms with Crippen LogP contribution < -0.4 is 5.32 Å². The molecule has 6 nitrogen and oxygen atoms in total. The SMILES string of the molecule is COC(=O)[C@H]1C[C@H](N/C(C)=C(\C=N)c2cnc3ccccc3n2)C1. The second-order valence-corrected chi connectivity index (χ2v) is 5.96. The van der Waals surface area contributed by atoms with Gasteiger partial charge in [0.2, 0.25) is 0 Å². The van der Waals surface area contributed by atoms with Gasteiger partial charge in [-0.05, 0) is 31.9 Å². The van der Waals surface area contributed by atoms with Crippen LogP contribution >= 0.6 is 0 Å². The Kier molecular flexibility index (Phi) is 4.55. The number of nitrogens with zero attached hydrogens (tertiary/aromatic N) is 2. The average molecular weight is 324 g/mol. The molecule has 0 aliphatic heterocycles. The van der Waals surface area contributed by atoms with Crippen LogP contribution in [0.3, 0.4) is 0 Å². The number of nitrogens with one attached hydrogen (secondary N) is 2. The Morgan fingerprint density at radius 3 is 2.71 bits per heavy atom. The number of allylic oxidation sites excluding steroid dienone is 2. The lowest BCUT2D eigenvalue weighted by Crippen LogP contribution is -2.44. The van der Waals surface area contributed by atoms with Crippen molar-refractivity contribution in [2.75, 3.05) is 7.11 Å². The van der Waals surface area contributed by atoms with Gasteiger partial charge in [0.15, 0.2) is 0 Å². The number of rotatable bonds is 5. The predicted molar refractivity (Wildman–Crippen MR) is 92.6 cm³/mol. The van der Waals surface area contributed by atoms with Gasteiger partial charge in [-0.15, -0.1) is 0 Å². The Labute approximate surface area is 140 Å². The lowest BCUT2D eigenvalue weighted by Gasteiger charge is -2.35. The monoisotopic (exact) mass is 324 g/mol. The number of carbonyl (C=O) groups is 1. The zero-order chi connectivity index (χ0) is 17.1. The van der Waals surface area contributed by atoms with E-state index in [2.05, 4.69) is 15.3 Å². The molecular formula is C18H20N4O2. The van der Waals surface area contributed by atoms with Crippen molar-refractivity contribution in [2.45, 2.75) is 25.8 Å². The van der Waals surface area contributed by atoms with E-state index in [0.29, 0.717) is 11.3 Å². The molecule has 1 aliphatic rings. The molecule has 2 N–H and O–H groups in total. The van der Waals surface area contributed by atoms with Crippen molar-refractivity contribution in [3.8, 4) is 0 Å². The maximum atomic E-state index is 11.4. The molecule has 1 saturated carbocycles. The van der Waals surface area contributed by atoms with Gasteiger partial charge in [-0.1, -0.05) is 12.1 Å². The third-order valence-corrected chi connectivity index (χ3v) is 4.37. The van der Waals surface area contributed by atoms with Gasteiger partial charge >= 0.3 is 5.97 Å². The van der Waals surface area contributed by atoms with Crippen molar-refractivity contribution in [2.24, 2.45) is 5.92 Å². The minimum Gasteiger partial charge on any atom is -0.469 e. The van der Waals surface area contributed by atoms with E-state index in [9.17, 15) is 4.79 Å². The topological polar surface area (TPSA) is 88.0 Å². The maximum absolute atomic E-state index is 11.4. The highest BCUT2D eigenvalue weighted by molar-refractivity contribution is 6.08. The van der Waals surface area contributed by atoms with Gasteiger partial charge in [0.25, 0.3) is 0 Å². The molecule has 0 radical (unpaired) electrons. The first-order valence-corrected chi connectivity index (χ1v) is 7.90. The smallest absolute Gasteiger partial charge is 0.308 e. The van der Waals surface area contributed by atoms with Gasteiger partial charge in [0.05, 0.1) is 36.0 Å². The number of esters is 1. The number of hydrogen-bond donors (Lipinski definition) is 2. The van der Waals surface area contributed by atoms with Crippen molar-refractivity contribution >= 4 is 28.8 Å². The second-order valence-electron chi connectivity index (χ2n) is 5.96. The normalized spacial score (nSPS) is 20.8. The second kappa shape index (κ2) is 6.78. The Bertz CT molecular complexity index is 810. The molecular weight excluding hydrogens is 304 g/mol. The van der Waals surface area contributed by atoms with Crippen LogP contribution in [0.2, 0.25) is 0 Å². The van der Waals surface area contributed by atoms with E-state index >= 15 is 0 Å². The third-order valence-electron chi connectivity index (χ3n) is 4.37. The van der Waals surface area contributed by atoms with E-state index in [1.54, 1.807) is 6.20 Å². The summed E-state index contributed by atoms with van der Waals surface area (Å²) in [6.07, 6.45) is 4.47. The molecule has 2 aromatic rings. The zero-order valence-electron chi connectivity index (χ0n) is 13.7. The average Bonchev–Trinajstić information content (AvgIpc) is 2.57. The molecule has 0 saturated heterocycles. The Balaban J connectivity index is 1.77. The first-order chi connectivity index (χ1) is 11.6. The molecule has 1 fully saturated rings. The number of aromatic nitrogens is 2. The van der Waals surface area contributed by atoms with E-state index in [4.69, 9.17) is 10.1 Å². The molecule has 0 atom stereocenters. The maximum Gasteiger partial charge on any atom is 0.308 e. The van der Waals surface area contributed by atoms with Gasteiger partial charge in [-0.3, -0.25) is 9.78 Å². The first-order valence-electron chi connectivity index (χ1n) is 7.90. The summed E-state index contributed by atoms with van der Waals surface area (Å²) < 4.78 is 4.75. The van der Waals surface area contributed by atoms with Crippen LogP contribution in [0.25, 0.3) is 16.6 Å². The number of benzene rings is 1. The Morgan fingerprint density at radius 1 is 1.33 bits per heavy atom. The summed E-state index contributed by atoms with van der Waals surface area (Å²) in [5, 5.41) is 11.1. The fraction of sp³-hybridized carbons (Fsp3) is 0.333. The van der Waals surface area contributed by atoms with Crippen LogP contribution in [-0.4, -0.2) is 35.3 Å². The van der Waals surface area contributed by atoms with Crippen molar-refractivity contribution in [3.63, 3.8) is 0 Å². The summed E-state index contributed by atoms with van der Waals surface area (Å²) in [5.41, 5.74) is 3.86. The molecule has 0 spiro atoms. The number of para-hydroxylation sites is 2. The number of methoxy groups -OCH3 is 1. The molecule has 24 heavy (non-hydrogen) atoms. The van der Waals surface area contributed by atoms with Gasteiger partial charge < -0.3 is 15.5 Å². The van der Waals surface area contributed by atoms with Crippen LogP contribution in [-0.2, 0) is 9.53 Å². The zero-order valence-corrected chi connectivity index (χ0v) is 13.7. The molecule has 124 valence electrons. The predicted octanol–water partition coefficient (Wildman–Crippen LogP) is 2.55. The summed E-state index contributed by atoms with van der Waals surface area (Å²) in [6, 6.07) is 7.87. The van der Waals surface area contributed by atoms with Gasteiger partial charge in [0.1, 0.15) is 0 Å². The highest BCUT2D eigenvalue weighted by Crippen LogP contribution is 2.29. The van der Waals surface area contributed by atoms with Gasteiger partial charge in [-0.25, -0.2) is 4.98 Å². The van der Waals surface area contributed by atoms with Crippen molar-refractivity contribution in [1.29, 1.82) is 5.41 Å². The lowest BCUT2D eigenvalue weighted by molar-refractivity contribution is -0.149. The van der Waals surface area contributed by atoms with E-state index in [0.717, 1.165) is 29.6 Å². The van der Waals surface area contributed by atoms with E-state index in [1.165, 1.54) is 13.3 Å². The van der Waals surface area contributed by atoms with E-state index < -0.39 is 0 Å². The summed E-state index contributed by atoms with van der Waals surface area (Å²) in [5.74, 6) is -0.174. The minimum atomic E-state index is -0.151. The van der Waals surface area contributed by atoms with Crippen LogP contribution in [0.1, 0.15) is 25.5 Å². The molecule has 0 amide bonds. The quantitative estimate of drug-likeness (QED) is 0.652.